The highest BCUT2D eigenvalue weighted by Gasteiger charge is 2.36. The lowest BCUT2D eigenvalue weighted by molar-refractivity contribution is -0.146. The summed E-state index contributed by atoms with van der Waals surface area (Å²) in [6.45, 7) is 1.13. The van der Waals surface area contributed by atoms with Gasteiger partial charge in [0.15, 0.2) is 0 Å². The Morgan fingerprint density at radius 3 is 2.00 bits per heavy atom. The second-order valence-electron chi connectivity index (χ2n) is 2.81. The summed E-state index contributed by atoms with van der Waals surface area (Å²) in [6, 6.07) is 5.69. The van der Waals surface area contributed by atoms with Crippen LogP contribution in [0.1, 0.15) is 18.4 Å². The molecule has 0 bridgehead atoms. The molecule has 0 nitrogen and oxygen atoms in total. The van der Waals surface area contributed by atoms with E-state index in [9.17, 15) is 13.2 Å². The van der Waals surface area contributed by atoms with Crippen LogP contribution in [0.2, 0.25) is 5.02 Å². The predicted molar refractivity (Wildman–Crippen MR) is 45.9 cm³/mol. The van der Waals surface area contributed by atoms with Crippen LogP contribution < -0.4 is 0 Å². The fraction of sp³-hybridized carbons (Fsp3) is 0.333. The van der Waals surface area contributed by atoms with Gasteiger partial charge in [0.05, 0.1) is 5.92 Å². The van der Waals surface area contributed by atoms with Crippen LogP contribution in [0.5, 0.6) is 0 Å². The number of alkyl halides is 3. The first-order valence-corrected chi connectivity index (χ1v) is 4.11. The smallest absolute Gasteiger partial charge is 0.170 e. The number of hydrogen-bond donors (Lipinski definition) is 0. The van der Waals surface area contributed by atoms with E-state index in [0.29, 0.717) is 5.02 Å². The molecule has 13 heavy (non-hydrogen) atoms. The molecule has 0 saturated heterocycles. The molecular formula is C9H8ClF3. The monoisotopic (exact) mass is 208 g/mol. The summed E-state index contributed by atoms with van der Waals surface area (Å²) in [5, 5.41) is 0.443. The minimum absolute atomic E-state index is 0.233. The largest absolute Gasteiger partial charge is 0.395 e. The Morgan fingerprint density at radius 2 is 1.62 bits per heavy atom. The van der Waals surface area contributed by atoms with Crippen LogP contribution in [0.15, 0.2) is 24.3 Å². The predicted octanol–water partition coefficient (Wildman–Crippen LogP) is 4.01. The number of halogens is 4. The van der Waals surface area contributed by atoms with Gasteiger partial charge >= 0.3 is 6.18 Å². The Bertz CT molecular complexity index is 276. The maximum absolute atomic E-state index is 12.2. The molecule has 4 heteroatoms. The van der Waals surface area contributed by atoms with Crippen molar-refractivity contribution in [2.24, 2.45) is 0 Å². The van der Waals surface area contributed by atoms with E-state index in [0.717, 1.165) is 6.92 Å². The molecule has 0 unspecified atom stereocenters. The Labute approximate surface area is 79.3 Å². The highest BCUT2D eigenvalue weighted by molar-refractivity contribution is 6.30. The summed E-state index contributed by atoms with van der Waals surface area (Å²) < 4.78 is 36.6. The van der Waals surface area contributed by atoms with E-state index in [-0.39, 0.29) is 5.56 Å². The average Bonchev–Trinajstić information content (AvgIpc) is 2.03. The van der Waals surface area contributed by atoms with Gasteiger partial charge in [-0.2, -0.15) is 13.2 Å². The van der Waals surface area contributed by atoms with Gasteiger partial charge in [-0.3, -0.25) is 0 Å². The Morgan fingerprint density at radius 1 is 1.15 bits per heavy atom. The van der Waals surface area contributed by atoms with Crippen molar-refractivity contribution in [2.75, 3.05) is 0 Å². The standard InChI is InChI=1S/C9H8ClF3/c1-6(9(11,12)13)7-2-4-8(10)5-3-7/h2-6H,1H3/t6-/m0/s1. The van der Waals surface area contributed by atoms with Crippen molar-refractivity contribution in [3.05, 3.63) is 34.9 Å². The Hall–Kier alpha value is -0.700. The highest BCUT2D eigenvalue weighted by atomic mass is 35.5. The zero-order valence-corrected chi connectivity index (χ0v) is 7.65. The molecule has 0 spiro atoms. The van der Waals surface area contributed by atoms with Crippen LogP contribution in [0.4, 0.5) is 13.2 Å². The summed E-state index contributed by atoms with van der Waals surface area (Å²) >= 11 is 5.55. The molecular weight excluding hydrogens is 201 g/mol. The van der Waals surface area contributed by atoms with Gasteiger partial charge in [0.2, 0.25) is 0 Å². The van der Waals surface area contributed by atoms with E-state index >= 15 is 0 Å². The van der Waals surface area contributed by atoms with Crippen molar-refractivity contribution in [3.63, 3.8) is 0 Å². The lowest BCUT2D eigenvalue weighted by Gasteiger charge is -2.15. The summed E-state index contributed by atoms with van der Waals surface area (Å²) in [5.74, 6) is -1.44. The molecule has 0 aliphatic heterocycles. The molecule has 0 fully saturated rings. The topological polar surface area (TPSA) is 0 Å². The summed E-state index contributed by atoms with van der Waals surface area (Å²) in [6.07, 6.45) is -4.19. The maximum atomic E-state index is 12.2. The van der Waals surface area contributed by atoms with E-state index < -0.39 is 12.1 Å². The minimum Gasteiger partial charge on any atom is -0.170 e. The third-order valence-corrected chi connectivity index (χ3v) is 2.11. The van der Waals surface area contributed by atoms with Crippen LogP contribution in [-0.4, -0.2) is 6.18 Å². The van der Waals surface area contributed by atoms with Crippen molar-refractivity contribution in [1.82, 2.24) is 0 Å². The normalized spacial score (nSPS) is 14.2. The van der Waals surface area contributed by atoms with E-state index in [4.69, 9.17) is 11.6 Å². The Balaban J connectivity index is 2.90. The molecule has 0 N–H and O–H groups in total. The van der Waals surface area contributed by atoms with Crippen LogP contribution in [-0.2, 0) is 0 Å². The first kappa shape index (κ1) is 10.4. The van der Waals surface area contributed by atoms with Gasteiger partial charge in [0.25, 0.3) is 0 Å². The fourth-order valence-corrected chi connectivity index (χ4v) is 1.07. The van der Waals surface area contributed by atoms with Crippen molar-refractivity contribution >= 4 is 11.6 Å². The first-order chi connectivity index (χ1) is 5.91. The van der Waals surface area contributed by atoms with Gasteiger partial charge in [0.1, 0.15) is 0 Å². The molecule has 0 aliphatic rings. The number of rotatable bonds is 1. The average molecular weight is 209 g/mol. The molecule has 0 aliphatic carbocycles. The second-order valence-corrected chi connectivity index (χ2v) is 3.25. The van der Waals surface area contributed by atoms with Crippen LogP contribution in [0, 0.1) is 0 Å². The lowest BCUT2D eigenvalue weighted by Crippen LogP contribution is -2.17. The van der Waals surface area contributed by atoms with E-state index in [2.05, 4.69) is 0 Å². The molecule has 1 atom stereocenters. The van der Waals surface area contributed by atoms with Gasteiger partial charge in [-0.1, -0.05) is 23.7 Å². The molecule has 72 valence electrons. The maximum Gasteiger partial charge on any atom is 0.395 e. The molecule has 1 rings (SSSR count). The highest BCUT2D eigenvalue weighted by Crippen LogP contribution is 2.34. The van der Waals surface area contributed by atoms with Gasteiger partial charge in [-0.25, -0.2) is 0 Å². The molecule has 0 heterocycles. The van der Waals surface area contributed by atoms with Crippen LogP contribution in [0.3, 0.4) is 0 Å². The zero-order valence-electron chi connectivity index (χ0n) is 6.90. The molecule has 0 aromatic heterocycles. The molecule has 1 aromatic carbocycles. The molecule has 0 amide bonds. The van der Waals surface area contributed by atoms with Crippen molar-refractivity contribution in [1.29, 1.82) is 0 Å². The van der Waals surface area contributed by atoms with Gasteiger partial charge < -0.3 is 0 Å². The molecule has 1 aromatic rings. The van der Waals surface area contributed by atoms with E-state index in [1.165, 1.54) is 24.3 Å². The molecule has 0 saturated carbocycles. The second kappa shape index (κ2) is 3.58. The number of hydrogen-bond acceptors (Lipinski definition) is 0. The van der Waals surface area contributed by atoms with Gasteiger partial charge in [-0.15, -0.1) is 0 Å². The Kier molecular flexibility index (Phi) is 2.86. The molecule has 0 radical (unpaired) electrons. The lowest BCUT2D eigenvalue weighted by atomic mass is 10.0. The van der Waals surface area contributed by atoms with Gasteiger partial charge in [-0.05, 0) is 24.6 Å². The quantitative estimate of drug-likeness (QED) is 0.654. The zero-order chi connectivity index (χ0) is 10.1. The third-order valence-electron chi connectivity index (χ3n) is 1.86. The minimum atomic E-state index is -4.19. The van der Waals surface area contributed by atoms with E-state index in [1.54, 1.807) is 0 Å². The SMILES string of the molecule is C[C@@H](c1ccc(Cl)cc1)C(F)(F)F. The first-order valence-electron chi connectivity index (χ1n) is 3.73. The summed E-state index contributed by atoms with van der Waals surface area (Å²) in [5.41, 5.74) is 0.233. The summed E-state index contributed by atoms with van der Waals surface area (Å²) in [4.78, 5) is 0. The van der Waals surface area contributed by atoms with Crippen LogP contribution >= 0.6 is 11.6 Å². The third kappa shape index (κ3) is 2.62. The summed E-state index contributed by atoms with van der Waals surface area (Å²) in [7, 11) is 0. The van der Waals surface area contributed by atoms with E-state index in [1.807, 2.05) is 0 Å². The van der Waals surface area contributed by atoms with Crippen molar-refractivity contribution < 1.29 is 13.2 Å². The van der Waals surface area contributed by atoms with Crippen molar-refractivity contribution in [3.8, 4) is 0 Å². The van der Waals surface area contributed by atoms with Crippen LogP contribution in [0.25, 0.3) is 0 Å². The van der Waals surface area contributed by atoms with Gasteiger partial charge in [0, 0.05) is 5.02 Å². The van der Waals surface area contributed by atoms with Crippen molar-refractivity contribution in [2.45, 2.75) is 19.0 Å². The fourth-order valence-electron chi connectivity index (χ4n) is 0.940. The number of benzene rings is 1.